The predicted molar refractivity (Wildman–Crippen MR) is 98.4 cm³/mol. The number of carbonyl (C=O) groups excluding carboxylic acids is 2. The Morgan fingerprint density at radius 3 is 2.34 bits per heavy atom. The number of esters is 1. The van der Waals surface area contributed by atoms with Gasteiger partial charge in [-0.15, -0.1) is 0 Å². The van der Waals surface area contributed by atoms with E-state index in [1.54, 1.807) is 18.2 Å². The first kappa shape index (κ1) is 22.1. The van der Waals surface area contributed by atoms with Crippen molar-refractivity contribution in [3.8, 4) is 11.5 Å². The minimum atomic E-state index is -1.71. The van der Waals surface area contributed by atoms with Crippen molar-refractivity contribution in [2.24, 2.45) is 0 Å². The summed E-state index contributed by atoms with van der Waals surface area (Å²) in [4.78, 5) is 24.0. The van der Waals surface area contributed by atoms with Crippen LogP contribution >= 0.6 is 0 Å². The number of halogens is 3. The lowest BCUT2D eigenvalue weighted by atomic mass is 10.1. The minimum absolute atomic E-state index is 0.0212. The summed E-state index contributed by atoms with van der Waals surface area (Å²) < 4.78 is 55.1. The predicted octanol–water partition coefficient (Wildman–Crippen LogP) is 3.62. The smallest absolute Gasteiger partial charge is 0.306 e. The summed E-state index contributed by atoms with van der Waals surface area (Å²) in [6, 6.07) is 6.72. The molecule has 156 valence electrons. The molecule has 9 heteroatoms. The van der Waals surface area contributed by atoms with Gasteiger partial charge in [-0.2, -0.15) is 0 Å². The highest BCUT2D eigenvalue weighted by Crippen LogP contribution is 2.28. The van der Waals surface area contributed by atoms with Crippen molar-refractivity contribution in [2.45, 2.75) is 25.9 Å². The van der Waals surface area contributed by atoms with Gasteiger partial charge in [-0.3, -0.25) is 9.59 Å². The van der Waals surface area contributed by atoms with Gasteiger partial charge in [0.15, 0.2) is 35.1 Å². The highest BCUT2D eigenvalue weighted by Gasteiger charge is 2.21. The Morgan fingerprint density at radius 2 is 1.69 bits per heavy atom. The topological polar surface area (TPSA) is 73.9 Å². The van der Waals surface area contributed by atoms with E-state index in [0.29, 0.717) is 24.0 Å². The minimum Gasteiger partial charge on any atom is -0.493 e. The highest BCUT2D eigenvalue weighted by atomic mass is 19.2. The van der Waals surface area contributed by atoms with Gasteiger partial charge in [0.2, 0.25) is 0 Å². The number of hydrogen-bond donors (Lipinski definition) is 1. The fraction of sp³-hybridized carbons (Fsp3) is 0.300. The molecule has 2 aromatic rings. The quantitative estimate of drug-likeness (QED) is 0.531. The van der Waals surface area contributed by atoms with Crippen LogP contribution in [0.4, 0.5) is 18.9 Å². The van der Waals surface area contributed by atoms with E-state index < -0.39 is 41.1 Å². The zero-order valence-corrected chi connectivity index (χ0v) is 16.1. The molecule has 0 aliphatic heterocycles. The van der Waals surface area contributed by atoms with Crippen molar-refractivity contribution < 1.29 is 37.0 Å². The summed E-state index contributed by atoms with van der Waals surface area (Å²) in [6.45, 7) is 1.28. The maximum Gasteiger partial charge on any atom is 0.306 e. The molecule has 0 fully saturated rings. The summed E-state index contributed by atoms with van der Waals surface area (Å²) in [5.74, 6) is -5.10. The highest BCUT2D eigenvalue weighted by molar-refractivity contribution is 5.95. The van der Waals surface area contributed by atoms with Gasteiger partial charge in [-0.05, 0) is 43.2 Å². The number of anilines is 1. The molecule has 0 aromatic heterocycles. The van der Waals surface area contributed by atoms with Crippen LogP contribution in [0.1, 0.15) is 18.9 Å². The SMILES string of the molecule is COc1ccc(CCC(=O)O[C@@H](C)C(=O)Nc2ccc(F)c(F)c2F)cc1OC. The molecule has 0 unspecified atom stereocenters. The molecule has 1 atom stereocenters. The zero-order valence-electron chi connectivity index (χ0n) is 16.1. The molecule has 0 saturated heterocycles. The zero-order chi connectivity index (χ0) is 21.6. The number of rotatable bonds is 8. The summed E-state index contributed by atoms with van der Waals surface area (Å²) in [5, 5.41) is 2.06. The second-order valence-corrected chi connectivity index (χ2v) is 6.03. The Labute approximate surface area is 165 Å². The molecule has 0 aliphatic rings. The molecular formula is C20H20F3NO5. The van der Waals surface area contributed by atoms with E-state index in [2.05, 4.69) is 5.32 Å². The summed E-state index contributed by atoms with van der Waals surface area (Å²) in [5.41, 5.74) is 0.239. The van der Waals surface area contributed by atoms with E-state index in [1.165, 1.54) is 21.1 Å². The largest absolute Gasteiger partial charge is 0.493 e. The van der Waals surface area contributed by atoms with Crippen LogP contribution < -0.4 is 14.8 Å². The number of carbonyl (C=O) groups is 2. The molecule has 0 saturated carbocycles. The van der Waals surface area contributed by atoms with Crippen LogP contribution in [0.5, 0.6) is 11.5 Å². The van der Waals surface area contributed by atoms with Gasteiger partial charge in [0, 0.05) is 6.42 Å². The van der Waals surface area contributed by atoms with Crippen molar-refractivity contribution in [1.29, 1.82) is 0 Å². The second-order valence-electron chi connectivity index (χ2n) is 6.03. The molecule has 0 heterocycles. The Bertz CT molecular complexity index is 904. The maximum atomic E-state index is 13.6. The summed E-state index contributed by atoms with van der Waals surface area (Å²) >= 11 is 0. The second kappa shape index (κ2) is 9.81. The third-order valence-corrected chi connectivity index (χ3v) is 4.04. The lowest BCUT2D eigenvalue weighted by Crippen LogP contribution is -2.30. The van der Waals surface area contributed by atoms with E-state index in [-0.39, 0.29) is 6.42 Å². The van der Waals surface area contributed by atoms with Gasteiger partial charge < -0.3 is 19.5 Å². The fourth-order valence-electron chi connectivity index (χ4n) is 2.45. The molecule has 29 heavy (non-hydrogen) atoms. The molecule has 0 bridgehead atoms. The maximum absolute atomic E-state index is 13.6. The number of benzene rings is 2. The lowest BCUT2D eigenvalue weighted by Gasteiger charge is -2.14. The fourth-order valence-corrected chi connectivity index (χ4v) is 2.45. The first-order valence-electron chi connectivity index (χ1n) is 8.61. The van der Waals surface area contributed by atoms with Crippen LogP contribution in [0.25, 0.3) is 0 Å². The van der Waals surface area contributed by atoms with Crippen LogP contribution in [0, 0.1) is 17.5 Å². The number of methoxy groups -OCH3 is 2. The monoisotopic (exact) mass is 411 g/mol. The van der Waals surface area contributed by atoms with Crippen molar-refractivity contribution >= 4 is 17.6 Å². The molecule has 1 N–H and O–H groups in total. The number of ether oxygens (including phenoxy) is 3. The van der Waals surface area contributed by atoms with E-state index in [0.717, 1.165) is 11.6 Å². The summed E-state index contributed by atoms with van der Waals surface area (Å²) in [7, 11) is 3.00. The Balaban J connectivity index is 1.90. The van der Waals surface area contributed by atoms with E-state index in [9.17, 15) is 22.8 Å². The van der Waals surface area contributed by atoms with Crippen LogP contribution in [0.15, 0.2) is 30.3 Å². The molecule has 0 spiro atoms. The number of aryl methyl sites for hydroxylation is 1. The first-order chi connectivity index (χ1) is 13.8. The number of nitrogens with one attached hydrogen (secondary N) is 1. The molecular weight excluding hydrogens is 391 g/mol. The van der Waals surface area contributed by atoms with Crippen LogP contribution in [-0.4, -0.2) is 32.2 Å². The van der Waals surface area contributed by atoms with Crippen molar-refractivity contribution in [2.75, 3.05) is 19.5 Å². The molecule has 0 radical (unpaired) electrons. The van der Waals surface area contributed by atoms with E-state index in [1.807, 2.05) is 0 Å². The van der Waals surface area contributed by atoms with Crippen LogP contribution in [0.2, 0.25) is 0 Å². The van der Waals surface area contributed by atoms with Crippen LogP contribution in [0.3, 0.4) is 0 Å². The molecule has 6 nitrogen and oxygen atoms in total. The van der Waals surface area contributed by atoms with Gasteiger partial charge >= 0.3 is 5.97 Å². The third-order valence-electron chi connectivity index (χ3n) is 4.04. The molecule has 2 rings (SSSR count). The lowest BCUT2D eigenvalue weighted by molar-refractivity contribution is -0.153. The Morgan fingerprint density at radius 1 is 1.00 bits per heavy atom. The van der Waals surface area contributed by atoms with E-state index in [4.69, 9.17) is 14.2 Å². The van der Waals surface area contributed by atoms with Crippen molar-refractivity contribution in [3.05, 3.63) is 53.3 Å². The first-order valence-corrected chi connectivity index (χ1v) is 8.61. The van der Waals surface area contributed by atoms with Gasteiger partial charge in [-0.1, -0.05) is 6.07 Å². The third kappa shape index (κ3) is 5.63. The average molecular weight is 411 g/mol. The van der Waals surface area contributed by atoms with Gasteiger partial charge in [0.05, 0.1) is 19.9 Å². The Kier molecular flexibility index (Phi) is 7.46. The molecule has 0 aliphatic carbocycles. The number of hydrogen-bond acceptors (Lipinski definition) is 5. The normalized spacial score (nSPS) is 11.5. The van der Waals surface area contributed by atoms with Gasteiger partial charge in [0.25, 0.3) is 5.91 Å². The molecule has 2 aromatic carbocycles. The standard InChI is InChI=1S/C20H20F3NO5/c1-11(20(26)24-14-7-6-13(21)18(22)19(14)23)29-17(25)9-5-12-4-8-15(27-2)16(10-12)28-3/h4,6-8,10-11H,5,9H2,1-3H3,(H,24,26)/t11-/m0/s1. The molecule has 1 amide bonds. The van der Waals surface area contributed by atoms with Crippen molar-refractivity contribution in [1.82, 2.24) is 0 Å². The average Bonchev–Trinajstić information content (AvgIpc) is 2.72. The van der Waals surface area contributed by atoms with Crippen LogP contribution in [-0.2, 0) is 20.7 Å². The van der Waals surface area contributed by atoms with Gasteiger partial charge in [0.1, 0.15) is 0 Å². The number of amides is 1. The Hall–Kier alpha value is -3.23. The van der Waals surface area contributed by atoms with E-state index >= 15 is 0 Å². The summed E-state index contributed by atoms with van der Waals surface area (Å²) in [6.07, 6.45) is -0.960. The van der Waals surface area contributed by atoms with Gasteiger partial charge in [-0.25, -0.2) is 13.2 Å². The van der Waals surface area contributed by atoms with Crippen molar-refractivity contribution in [3.63, 3.8) is 0 Å².